The lowest BCUT2D eigenvalue weighted by Gasteiger charge is -2.37. The minimum atomic E-state index is -0.718. The average molecular weight is 230 g/mol. The summed E-state index contributed by atoms with van der Waals surface area (Å²) in [6, 6.07) is 9.08. The van der Waals surface area contributed by atoms with E-state index >= 15 is 0 Å². The molecule has 2 rings (SSSR count). The third-order valence-electron chi connectivity index (χ3n) is 3.41. The summed E-state index contributed by atoms with van der Waals surface area (Å²) >= 11 is 0. The van der Waals surface area contributed by atoms with Crippen molar-refractivity contribution in [2.75, 3.05) is 11.9 Å². The van der Waals surface area contributed by atoms with Crippen LogP contribution in [0.4, 0.5) is 5.69 Å². The monoisotopic (exact) mass is 230 g/mol. The Morgan fingerprint density at radius 2 is 2.06 bits per heavy atom. The number of nitrogens with one attached hydrogen (secondary N) is 1. The summed E-state index contributed by atoms with van der Waals surface area (Å²) in [5, 5.41) is 21.0. The van der Waals surface area contributed by atoms with Crippen LogP contribution in [-0.2, 0) is 4.79 Å². The number of anilines is 1. The van der Waals surface area contributed by atoms with Gasteiger partial charge in [-0.2, -0.15) is 5.26 Å². The van der Waals surface area contributed by atoms with Gasteiger partial charge in [0, 0.05) is 12.2 Å². The quantitative estimate of drug-likeness (QED) is 0.831. The molecule has 0 unspecified atom stereocenters. The molecule has 4 nitrogen and oxygen atoms in total. The van der Waals surface area contributed by atoms with E-state index in [-0.39, 0.29) is 0 Å². The zero-order chi connectivity index (χ0) is 12.3. The molecule has 1 aliphatic rings. The number of nitrogens with zero attached hydrogens (tertiary/aromatic N) is 1. The Morgan fingerprint density at radius 1 is 1.41 bits per heavy atom. The van der Waals surface area contributed by atoms with E-state index in [1.807, 2.05) is 6.07 Å². The van der Waals surface area contributed by atoms with Crippen LogP contribution in [0, 0.1) is 16.7 Å². The van der Waals surface area contributed by atoms with Crippen LogP contribution in [0.1, 0.15) is 24.8 Å². The highest BCUT2D eigenvalue weighted by molar-refractivity contribution is 5.76. The number of hydrogen-bond donors (Lipinski definition) is 2. The van der Waals surface area contributed by atoms with Crippen molar-refractivity contribution >= 4 is 11.7 Å². The van der Waals surface area contributed by atoms with Gasteiger partial charge in [-0.1, -0.05) is 6.42 Å². The lowest BCUT2D eigenvalue weighted by molar-refractivity contribution is -0.153. The molecule has 0 aliphatic heterocycles. The minimum absolute atomic E-state index is 0.453. The maximum Gasteiger partial charge on any atom is 0.311 e. The first-order valence-electron chi connectivity index (χ1n) is 5.64. The highest BCUT2D eigenvalue weighted by Crippen LogP contribution is 2.41. The molecule has 88 valence electrons. The number of hydrogen-bond acceptors (Lipinski definition) is 3. The van der Waals surface area contributed by atoms with Gasteiger partial charge in [-0.15, -0.1) is 0 Å². The fraction of sp³-hybridized carbons (Fsp3) is 0.385. The van der Waals surface area contributed by atoms with Crippen LogP contribution in [0.5, 0.6) is 0 Å². The van der Waals surface area contributed by atoms with E-state index in [1.54, 1.807) is 24.3 Å². The topological polar surface area (TPSA) is 73.1 Å². The van der Waals surface area contributed by atoms with Crippen molar-refractivity contribution in [2.45, 2.75) is 19.3 Å². The maximum atomic E-state index is 11.1. The number of rotatable bonds is 4. The largest absolute Gasteiger partial charge is 0.481 e. The van der Waals surface area contributed by atoms with E-state index in [2.05, 4.69) is 5.32 Å². The van der Waals surface area contributed by atoms with Crippen molar-refractivity contribution in [3.05, 3.63) is 29.8 Å². The van der Waals surface area contributed by atoms with E-state index in [9.17, 15) is 4.79 Å². The molecule has 0 bridgehead atoms. The van der Waals surface area contributed by atoms with Gasteiger partial charge >= 0.3 is 5.97 Å². The zero-order valence-corrected chi connectivity index (χ0v) is 9.44. The second-order valence-corrected chi connectivity index (χ2v) is 4.48. The number of carbonyl (C=O) groups is 1. The van der Waals surface area contributed by atoms with Crippen molar-refractivity contribution in [1.29, 1.82) is 5.26 Å². The van der Waals surface area contributed by atoms with Gasteiger partial charge in [-0.3, -0.25) is 4.79 Å². The van der Waals surface area contributed by atoms with Gasteiger partial charge in [-0.05, 0) is 37.1 Å². The molecular weight excluding hydrogens is 216 g/mol. The second-order valence-electron chi connectivity index (χ2n) is 4.48. The molecule has 0 heterocycles. The molecule has 1 saturated carbocycles. The summed E-state index contributed by atoms with van der Waals surface area (Å²) < 4.78 is 0. The summed E-state index contributed by atoms with van der Waals surface area (Å²) in [6.45, 7) is 0.453. The molecule has 0 amide bonds. The third kappa shape index (κ3) is 2.23. The van der Waals surface area contributed by atoms with Gasteiger partial charge in [0.15, 0.2) is 0 Å². The van der Waals surface area contributed by atoms with Gasteiger partial charge in [0.1, 0.15) is 0 Å². The van der Waals surface area contributed by atoms with Crippen LogP contribution in [-0.4, -0.2) is 17.6 Å². The summed E-state index contributed by atoms with van der Waals surface area (Å²) in [5.41, 5.74) is 0.872. The summed E-state index contributed by atoms with van der Waals surface area (Å²) in [4.78, 5) is 11.1. The molecule has 0 radical (unpaired) electrons. The minimum Gasteiger partial charge on any atom is -0.481 e. The number of carboxylic acid groups (broad SMARTS) is 1. The molecular formula is C13H14N2O2. The molecule has 17 heavy (non-hydrogen) atoms. The molecule has 2 N–H and O–H groups in total. The normalized spacial score (nSPS) is 16.6. The predicted molar refractivity (Wildman–Crippen MR) is 63.6 cm³/mol. The standard InChI is InChI=1S/C13H14N2O2/c14-8-10-2-4-11(5-3-10)15-9-13(12(16)17)6-1-7-13/h2-5,15H,1,6-7,9H2,(H,16,17). The molecule has 0 atom stereocenters. The van der Waals surface area contributed by atoms with Crippen LogP contribution in [0.25, 0.3) is 0 Å². The van der Waals surface area contributed by atoms with E-state index in [4.69, 9.17) is 10.4 Å². The average Bonchev–Trinajstić information content (AvgIpc) is 2.28. The van der Waals surface area contributed by atoms with Gasteiger partial charge in [-0.25, -0.2) is 0 Å². The van der Waals surface area contributed by atoms with Crippen LogP contribution in [0.2, 0.25) is 0 Å². The first kappa shape index (κ1) is 11.5. The van der Waals surface area contributed by atoms with Gasteiger partial charge in [0.2, 0.25) is 0 Å². The lowest BCUT2D eigenvalue weighted by Crippen LogP contribution is -2.43. The van der Waals surface area contributed by atoms with Gasteiger partial charge in [0.05, 0.1) is 17.0 Å². The Balaban J connectivity index is 1.97. The van der Waals surface area contributed by atoms with Crippen LogP contribution >= 0.6 is 0 Å². The number of benzene rings is 1. The van der Waals surface area contributed by atoms with Crippen LogP contribution in [0.15, 0.2) is 24.3 Å². The Hall–Kier alpha value is -2.02. The van der Waals surface area contributed by atoms with E-state index in [0.29, 0.717) is 12.1 Å². The van der Waals surface area contributed by atoms with Crippen molar-refractivity contribution in [3.8, 4) is 6.07 Å². The number of nitriles is 1. The molecule has 4 heteroatoms. The smallest absolute Gasteiger partial charge is 0.311 e. The fourth-order valence-corrected chi connectivity index (χ4v) is 2.00. The Kier molecular flexibility index (Phi) is 3.01. The van der Waals surface area contributed by atoms with E-state index in [1.165, 1.54) is 0 Å². The summed E-state index contributed by atoms with van der Waals surface area (Å²) in [7, 11) is 0. The first-order valence-corrected chi connectivity index (χ1v) is 5.64. The first-order chi connectivity index (χ1) is 8.16. The third-order valence-corrected chi connectivity index (χ3v) is 3.41. The van der Waals surface area contributed by atoms with Gasteiger partial charge in [0.25, 0.3) is 0 Å². The molecule has 0 saturated heterocycles. The molecule has 1 fully saturated rings. The van der Waals surface area contributed by atoms with Gasteiger partial charge < -0.3 is 10.4 Å². The maximum absolute atomic E-state index is 11.1. The zero-order valence-electron chi connectivity index (χ0n) is 9.44. The molecule has 0 aromatic heterocycles. The van der Waals surface area contributed by atoms with Crippen LogP contribution in [0.3, 0.4) is 0 Å². The van der Waals surface area contributed by atoms with Crippen molar-refractivity contribution < 1.29 is 9.90 Å². The summed E-state index contributed by atoms with van der Waals surface area (Å²) in [6.07, 6.45) is 2.47. The van der Waals surface area contributed by atoms with Crippen molar-refractivity contribution in [1.82, 2.24) is 0 Å². The highest BCUT2D eigenvalue weighted by atomic mass is 16.4. The lowest BCUT2D eigenvalue weighted by atomic mass is 9.69. The Labute approximate surface area is 99.9 Å². The van der Waals surface area contributed by atoms with E-state index < -0.39 is 11.4 Å². The van der Waals surface area contributed by atoms with E-state index in [0.717, 1.165) is 24.9 Å². The number of carboxylic acids is 1. The highest BCUT2D eigenvalue weighted by Gasteiger charge is 2.44. The predicted octanol–water partition coefficient (Wildman–Crippen LogP) is 2.23. The Bertz CT molecular complexity index is 455. The SMILES string of the molecule is N#Cc1ccc(NCC2(C(=O)O)CCC2)cc1. The van der Waals surface area contributed by atoms with Crippen molar-refractivity contribution in [2.24, 2.45) is 5.41 Å². The van der Waals surface area contributed by atoms with Crippen molar-refractivity contribution in [3.63, 3.8) is 0 Å². The second kappa shape index (κ2) is 4.46. The van der Waals surface area contributed by atoms with Crippen LogP contribution < -0.4 is 5.32 Å². The Morgan fingerprint density at radius 3 is 2.47 bits per heavy atom. The molecule has 1 aromatic carbocycles. The molecule has 0 spiro atoms. The number of aliphatic carboxylic acids is 1. The molecule has 1 aromatic rings. The summed E-state index contributed by atoms with van der Waals surface area (Å²) in [5.74, 6) is -0.718. The fourth-order valence-electron chi connectivity index (χ4n) is 2.00. The molecule has 1 aliphatic carbocycles.